The Labute approximate surface area is 98.4 Å². The van der Waals surface area contributed by atoms with Crippen LogP contribution in [-0.4, -0.2) is 21.9 Å². The van der Waals surface area contributed by atoms with Crippen LogP contribution in [0, 0.1) is 0 Å². The molecule has 1 atom stereocenters. The van der Waals surface area contributed by atoms with Crippen molar-refractivity contribution in [3.05, 3.63) is 41.7 Å². The van der Waals surface area contributed by atoms with Crippen LogP contribution in [0.25, 0.3) is 0 Å². The lowest BCUT2D eigenvalue weighted by atomic mass is 10.1. The van der Waals surface area contributed by atoms with Crippen molar-refractivity contribution in [2.75, 3.05) is 6.61 Å². The molecule has 1 aliphatic heterocycles. The zero-order valence-electron chi connectivity index (χ0n) is 9.18. The lowest BCUT2D eigenvalue weighted by Gasteiger charge is -2.10. The van der Waals surface area contributed by atoms with Crippen molar-refractivity contribution >= 4 is 0 Å². The number of H-pyrrole nitrogens is 1. The number of nitrogens with one attached hydrogen (secondary N) is 2. The Morgan fingerprint density at radius 1 is 1.47 bits per heavy atom. The van der Waals surface area contributed by atoms with E-state index in [0.29, 0.717) is 13.2 Å². The second-order valence-electron chi connectivity index (χ2n) is 4.05. The molecular formula is C12H13N3O2. The van der Waals surface area contributed by atoms with Crippen molar-refractivity contribution in [3.63, 3.8) is 0 Å². The minimum atomic E-state index is 0.161. The van der Waals surface area contributed by atoms with Crippen molar-refractivity contribution in [2.24, 2.45) is 0 Å². The Kier molecular flexibility index (Phi) is 2.45. The minimum absolute atomic E-state index is 0.161. The number of ether oxygens (including phenoxy) is 1. The number of phenols is 1. The van der Waals surface area contributed by atoms with Gasteiger partial charge in [-0.05, 0) is 18.2 Å². The first-order valence-electron chi connectivity index (χ1n) is 5.50. The molecule has 2 heterocycles. The highest BCUT2D eigenvalue weighted by Gasteiger charge is 2.23. The summed E-state index contributed by atoms with van der Waals surface area (Å²) in [5, 5.41) is 19.5. The third kappa shape index (κ3) is 1.97. The van der Waals surface area contributed by atoms with Gasteiger partial charge in [-0.25, -0.2) is 0 Å². The van der Waals surface area contributed by atoms with E-state index in [4.69, 9.17) is 4.74 Å². The van der Waals surface area contributed by atoms with E-state index in [1.165, 1.54) is 0 Å². The van der Waals surface area contributed by atoms with E-state index in [9.17, 15) is 5.11 Å². The van der Waals surface area contributed by atoms with E-state index in [-0.39, 0.29) is 11.8 Å². The summed E-state index contributed by atoms with van der Waals surface area (Å²) < 4.78 is 5.51. The summed E-state index contributed by atoms with van der Waals surface area (Å²) in [7, 11) is 0. The van der Waals surface area contributed by atoms with Crippen LogP contribution in [-0.2, 0) is 6.54 Å². The maximum absolute atomic E-state index is 9.35. The zero-order chi connectivity index (χ0) is 11.7. The molecule has 0 radical (unpaired) electrons. The van der Waals surface area contributed by atoms with Crippen LogP contribution in [0.15, 0.2) is 30.5 Å². The van der Waals surface area contributed by atoms with Gasteiger partial charge in [0.25, 0.3) is 0 Å². The van der Waals surface area contributed by atoms with Crippen LogP contribution in [0.3, 0.4) is 0 Å². The van der Waals surface area contributed by atoms with Gasteiger partial charge >= 0.3 is 0 Å². The maximum atomic E-state index is 9.35. The molecule has 0 spiro atoms. The van der Waals surface area contributed by atoms with Gasteiger partial charge in [0.2, 0.25) is 0 Å². The Bertz CT molecular complexity index is 510. The van der Waals surface area contributed by atoms with Crippen molar-refractivity contribution in [1.82, 2.24) is 15.5 Å². The van der Waals surface area contributed by atoms with E-state index >= 15 is 0 Å². The first-order chi connectivity index (χ1) is 8.33. The molecule has 1 aliphatic rings. The van der Waals surface area contributed by atoms with Gasteiger partial charge in [0.05, 0.1) is 6.04 Å². The molecule has 0 saturated carbocycles. The molecule has 0 saturated heterocycles. The molecule has 88 valence electrons. The molecule has 1 aromatic heterocycles. The lowest BCUT2D eigenvalue weighted by Crippen LogP contribution is -2.22. The number of benzene rings is 1. The topological polar surface area (TPSA) is 70.2 Å². The number of hydrogen-bond donors (Lipinski definition) is 3. The van der Waals surface area contributed by atoms with Crippen LogP contribution in [0.5, 0.6) is 11.5 Å². The van der Waals surface area contributed by atoms with Crippen molar-refractivity contribution in [1.29, 1.82) is 0 Å². The number of aromatic amines is 1. The molecule has 17 heavy (non-hydrogen) atoms. The first kappa shape index (κ1) is 10.2. The SMILES string of the molecule is Oc1ccc2c(c1)OCC2NCc1ccn[nH]1. The third-order valence-electron chi connectivity index (χ3n) is 2.88. The predicted molar refractivity (Wildman–Crippen MR) is 61.8 cm³/mol. The molecule has 1 aromatic carbocycles. The third-order valence-corrected chi connectivity index (χ3v) is 2.88. The lowest BCUT2D eigenvalue weighted by molar-refractivity contribution is 0.309. The van der Waals surface area contributed by atoms with Gasteiger partial charge in [-0.1, -0.05) is 0 Å². The normalized spacial score (nSPS) is 17.8. The molecule has 0 bridgehead atoms. The Morgan fingerprint density at radius 3 is 3.24 bits per heavy atom. The standard InChI is InChI=1S/C12H13N3O2/c16-9-1-2-10-11(7-17-12(10)5-9)13-6-8-3-4-14-15-8/h1-5,11,13,16H,6-7H2,(H,14,15). The number of fused-ring (bicyclic) bond motifs is 1. The Morgan fingerprint density at radius 2 is 2.41 bits per heavy atom. The molecule has 3 N–H and O–H groups in total. The fourth-order valence-electron chi connectivity index (χ4n) is 1.98. The summed E-state index contributed by atoms with van der Waals surface area (Å²) in [6, 6.07) is 7.31. The van der Waals surface area contributed by atoms with Crippen LogP contribution in [0.2, 0.25) is 0 Å². The number of aromatic nitrogens is 2. The molecule has 0 aliphatic carbocycles. The minimum Gasteiger partial charge on any atom is -0.508 e. The monoisotopic (exact) mass is 231 g/mol. The summed E-state index contributed by atoms with van der Waals surface area (Å²) in [6.45, 7) is 1.31. The van der Waals surface area contributed by atoms with E-state index in [1.54, 1.807) is 18.3 Å². The molecular weight excluding hydrogens is 218 g/mol. The predicted octanol–water partition coefficient (Wildman–Crippen LogP) is 1.34. The molecule has 1 unspecified atom stereocenters. The van der Waals surface area contributed by atoms with Gasteiger partial charge in [0, 0.05) is 30.1 Å². The van der Waals surface area contributed by atoms with Gasteiger partial charge < -0.3 is 15.2 Å². The Balaban J connectivity index is 1.71. The van der Waals surface area contributed by atoms with Gasteiger partial charge in [-0.3, -0.25) is 5.10 Å². The van der Waals surface area contributed by atoms with Crippen LogP contribution in [0.1, 0.15) is 17.3 Å². The van der Waals surface area contributed by atoms with E-state index in [2.05, 4.69) is 15.5 Å². The van der Waals surface area contributed by atoms with E-state index < -0.39 is 0 Å². The quantitative estimate of drug-likeness (QED) is 0.745. The van der Waals surface area contributed by atoms with Gasteiger partial charge in [0.1, 0.15) is 18.1 Å². The average molecular weight is 231 g/mol. The summed E-state index contributed by atoms with van der Waals surface area (Å²) in [5.41, 5.74) is 2.12. The number of rotatable bonds is 3. The fourth-order valence-corrected chi connectivity index (χ4v) is 1.98. The first-order valence-corrected chi connectivity index (χ1v) is 5.50. The van der Waals surface area contributed by atoms with Crippen molar-refractivity contribution < 1.29 is 9.84 Å². The van der Waals surface area contributed by atoms with E-state index in [1.807, 2.05) is 12.1 Å². The van der Waals surface area contributed by atoms with Crippen LogP contribution >= 0.6 is 0 Å². The van der Waals surface area contributed by atoms with Crippen molar-refractivity contribution in [3.8, 4) is 11.5 Å². The highest BCUT2D eigenvalue weighted by Crippen LogP contribution is 2.34. The van der Waals surface area contributed by atoms with Crippen LogP contribution in [0.4, 0.5) is 0 Å². The summed E-state index contributed by atoms with van der Waals surface area (Å²) in [5.74, 6) is 0.991. The smallest absolute Gasteiger partial charge is 0.127 e. The number of hydrogen-bond acceptors (Lipinski definition) is 4. The summed E-state index contributed by atoms with van der Waals surface area (Å²) >= 11 is 0. The highest BCUT2D eigenvalue weighted by molar-refractivity contribution is 5.44. The number of nitrogens with zero attached hydrogens (tertiary/aromatic N) is 1. The molecule has 0 fully saturated rings. The molecule has 0 amide bonds. The van der Waals surface area contributed by atoms with Crippen molar-refractivity contribution in [2.45, 2.75) is 12.6 Å². The zero-order valence-corrected chi connectivity index (χ0v) is 9.18. The molecule has 5 heteroatoms. The Hall–Kier alpha value is -2.01. The maximum Gasteiger partial charge on any atom is 0.127 e. The van der Waals surface area contributed by atoms with Gasteiger partial charge in [-0.15, -0.1) is 0 Å². The van der Waals surface area contributed by atoms with E-state index in [0.717, 1.165) is 17.0 Å². The largest absolute Gasteiger partial charge is 0.508 e. The summed E-state index contributed by atoms with van der Waals surface area (Å²) in [4.78, 5) is 0. The van der Waals surface area contributed by atoms with Crippen LogP contribution < -0.4 is 10.1 Å². The second kappa shape index (κ2) is 4.10. The van der Waals surface area contributed by atoms with Gasteiger partial charge in [-0.2, -0.15) is 5.10 Å². The highest BCUT2D eigenvalue weighted by atomic mass is 16.5. The fraction of sp³-hybridized carbons (Fsp3) is 0.250. The average Bonchev–Trinajstić information content (AvgIpc) is 2.94. The molecule has 2 aromatic rings. The number of phenolic OH excluding ortho intramolecular Hbond substituents is 1. The van der Waals surface area contributed by atoms with Gasteiger partial charge in [0.15, 0.2) is 0 Å². The molecule has 3 rings (SSSR count). The summed E-state index contributed by atoms with van der Waals surface area (Å²) in [6.07, 6.45) is 1.73. The second-order valence-corrected chi connectivity index (χ2v) is 4.05. The molecule has 5 nitrogen and oxygen atoms in total. The number of aromatic hydroxyl groups is 1.